The Balaban J connectivity index is 1.23. The van der Waals surface area contributed by atoms with Gasteiger partial charge in [-0.2, -0.15) is 4.98 Å². The summed E-state index contributed by atoms with van der Waals surface area (Å²) in [5.74, 6) is 2.75. The highest BCUT2D eigenvalue weighted by molar-refractivity contribution is 5.76. The van der Waals surface area contributed by atoms with Gasteiger partial charge in [0.15, 0.2) is 5.82 Å². The van der Waals surface area contributed by atoms with Gasteiger partial charge in [0.2, 0.25) is 11.8 Å². The van der Waals surface area contributed by atoms with Gasteiger partial charge in [0.1, 0.15) is 11.9 Å². The van der Waals surface area contributed by atoms with Crippen LogP contribution in [0.3, 0.4) is 0 Å². The zero-order valence-corrected chi connectivity index (χ0v) is 16.5. The summed E-state index contributed by atoms with van der Waals surface area (Å²) in [4.78, 5) is 23.2. The Morgan fingerprint density at radius 2 is 2.04 bits per heavy atom. The Kier molecular flexibility index (Phi) is 5.75. The molecule has 2 aromatic heterocycles. The molecule has 1 N–H and O–H groups in total. The van der Waals surface area contributed by atoms with Crippen LogP contribution in [0.25, 0.3) is 0 Å². The fourth-order valence-corrected chi connectivity index (χ4v) is 4.43. The molecule has 0 aromatic carbocycles. The zero-order chi connectivity index (χ0) is 19.5. The van der Waals surface area contributed by atoms with E-state index in [9.17, 15) is 9.90 Å². The van der Waals surface area contributed by atoms with Crippen molar-refractivity contribution in [3.8, 4) is 0 Å². The highest BCUT2D eigenvalue weighted by atomic mass is 16.5. The molecular formula is C20H29N5O3. The highest BCUT2D eigenvalue weighted by Crippen LogP contribution is 2.32. The van der Waals surface area contributed by atoms with E-state index in [1.807, 2.05) is 22.7 Å². The molecule has 2 aromatic rings. The lowest BCUT2D eigenvalue weighted by atomic mass is 9.90. The molecule has 0 radical (unpaired) electrons. The standard InChI is InChI=1S/C20H29N5O3/c1-24-13-10-21-20(24)18(27)14-8-11-25(12-9-14)17(26)7-6-16-22-19(23-28-16)15-4-2-3-5-15/h10,13-15,18,27H,2-9,11-12H2,1H3. The molecular weight excluding hydrogens is 358 g/mol. The van der Waals surface area contributed by atoms with E-state index < -0.39 is 6.10 Å². The molecule has 1 saturated heterocycles. The van der Waals surface area contributed by atoms with Crippen LogP contribution in [0.1, 0.15) is 74.5 Å². The van der Waals surface area contributed by atoms with Crippen molar-refractivity contribution in [1.82, 2.24) is 24.6 Å². The SMILES string of the molecule is Cn1ccnc1C(O)C1CCN(C(=O)CCc2nc(C3CCCC3)no2)CC1. The van der Waals surface area contributed by atoms with E-state index in [-0.39, 0.29) is 11.8 Å². The molecule has 28 heavy (non-hydrogen) atoms. The summed E-state index contributed by atoms with van der Waals surface area (Å²) in [6.07, 6.45) is 10.2. The van der Waals surface area contributed by atoms with E-state index >= 15 is 0 Å². The van der Waals surface area contributed by atoms with Gasteiger partial charge in [-0.15, -0.1) is 0 Å². The Hall–Kier alpha value is -2.22. The van der Waals surface area contributed by atoms with Crippen LogP contribution in [0.15, 0.2) is 16.9 Å². The van der Waals surface area contributed by atoms with E-state index in [0.717, 1.165) is 31.5 Å². The molecule has 1 aliphatic heterocycles. The van der Waals surface area contributed by atoms with Gasteiger partial charge in [0.25, 0.3) is 0 Å². The minimum absolute atomic E-state index is 0.116. The van der Waals surface area contributed by atoms with Gasteiger partial charge >= 0.3 is 0 Å². The molecule has 0 bridgehead atoms. The first-order valence-corrected chi connectivity index (χ1v) is 10.4. The van der Waals surface area contributed by atoms with Gasteiger partial charge < -0.3 is 19.1 Å². The average molecular weight is 387 g/mol. The van der Waals surface area contributed by atoms with Crippen molar-refractivity contribution in [2.75, 3.05) is 13.1 Å². The van der Waals surface area contributed by atoms with E-state index in [1.54, 1.807) is 6.20 Å². The summed E-state index contributed by atoms with van der Waals surface area (Å²) in [5.41, 5.74) is 0. The third-order valence-corrected chi connectivity index (χ3v) is 6.22. The number of hydrogen-bond donors (Lipinski definition) is 1. The van der Waals surface area contributed by atoms with Crippen molar-refractivity contribution in [3.63, 3.8) is 0 Å². The Labute approximate surface area is 164 Å². The monoisotopic (exact) mass is 387 g/mol. The number of amides is 1. The molecule has 0 spiro atoms. The van der Waals surface area contributed by atoms with Gasteiger partial charge in [-0.25, -0.2) is 4.98 Å². The molecule has 152 valence electrons. The van der Waals surface area contributed by atoms with Gasteiger partial charge in [0.05, 0.1) is 0 Å². The van der Waals surface area contributed by atoms with E-state index in [4.69, 9.17) is 4.52 Å². The summed E-state index contributed by atoms with van der Waals surface area (Å²) < 4.78 is 7.20. The fraction of sp³-hybridized carbons (Fsp3) is 0.700. The average Bonchev–Trinajstić information content (AvgIpc) is 3.47. The number of likely N-dealkylation sites (tertiary alicyclic amines) is 1. The number of rotatable bonds is 6. The maximum atomic E-state index is 12.6. The molecule has 4 rings (SSSR count). The predicted molar refractivity (Wildman–Crippen MR) is 101 cm³/mol. The van der Waals surface area contributed by atoms with Gasteiger partial charge in [0, 0.05) is 51.3 Å². The second-order valence-electron chi connectivity index (χ2n) is 8.09. The summed E-state index contributed by atoms with van der Waals surface area (Å²) in [7, 11) is 1.89. The van der Waals surface area contributed by atoms with Gasteiger partial charge in [-0.05, 0) is 31.6 Å². The molecule has 1 saturated carbocycles. The van der Waals surface area contributed by atoms with Crippen LogP contribution in [0.2, 0.25) is 0 Å². The Morgan fingerprint density at radius 3 is 2.71 bits per heavy atom. The highest BCUT2D eigenvalue weighted by Gasteiger charge is 2.30. The minimum atomic E-state index is -0.579. The fourth-order valence-electron chi connectivity index (χ4n) is 4.43. The van der Waals surface area contributed by atoms with E-state index in [0.29, 0.717) is 43.6 Å². The van der Waals surface area contributed by atoms with Crippen LogP contribution in [-0.2, 0) is 18.3 Å². The molecule has 1 unspecified atom stereocenters. The van der Waals surface area contributed by atoms with E-state index in [1.165, 1.54) is 12.8 Å². The number of carbonyl (C=O) groups excluding carboxylic acids is 1. The normalized spacial score (nSPS) is 20.0. The number of aryl methyl sites for hydroxylation is 2. The number of aliphatic hydroxyl groups is 1. The van der Waals surface area contributed by atoms with Crippen LogP contribution in [0.5, 0.6) is 0 Å². The number of aliphatic hydroxyl groups excluding tert-OH is 1. The number of aromatic nitrogens is 4. The van der Waals surface area contributed by atoms with Crippen molar-refractivity contribution in [3.05, 3.63) is 29.9 Å². The first-order valence-electron chi connectivity index (χ1n) is 10.4. The lowest BCUT2D eigenvalue weighted by Crippen LogP contribution is -2.40. The first kappa shape index (κ1) is 19.1. The summed E-state index contributed by atoms with van der Waals surface area (Å²) in [5, 5.41) is 14.7. The molecule has 1 aliphatic carbocycles. The van der Waals surface area contributed by atoms with Crippen molar-refractivity contribution in [2.45, 2.75) is 63.4 Å². The first-order chi connectivity index (χ1) is 13.6. The Morgan fingerprint density at radius 1 is 1.29 bits per heavy atom. The molecule has 2 fully saturated rings. The minimum Gasteiger partial charge on any atom is -0.385 e. The van der Waals surface area contributed by atoms with Crippen molar-refractivity contribution in [2.24, 2.45) is 13.0 Å². The smallest absolute Gasteiger partial charge is 0.227 e. The van der Waals surface area contributed by atoms with Crippen LogP contribution >= 0.6 is 0 Å². The second kappa shape index (κ2) is 8.43. The molecule has 8 nitrogen and oxygen atoms in total. The quantitative estimate of drug-likeness (QED) is 0.817. The number of carbonyl (C=O) groups is 1. The van der Waals surface area contributed by atoms with Crippen LogP contribution in [0, 0.1) is 5.92 Å². The van der Waals surface area contributed by atoms with Crippen LogP contribution in [0.4, 0.5) is 0 Å². The van der Waals surface area contributed by atoms with Crippen molar-refractivity contribution >= 4 is 5.91 Å². The van der Waals surface area contributed by atoms with E-state index in [2.05, 4.69) is 15.1 Å². The largest absolute Gasteiger partial charge is 0.385 e. The molecule has 3 heterocycles. The maximum Gasteiger partial charge on any atom is 0.227 e. The number of imidazole rings is 1. The molecule has 2 aliphatic rings. The van der Waals surface area contributed by atoms with Crippen molar-refractivity contribution < 1.29 is 14.4 Å². The van der Waals surface area contributed by atoms with Crippen LogP contribution < -0.4 is 0 Å². The van der Waals surface area contributed by atoms with Crippen molar-refractivity contribution in [1.29, 1.82) is 0 Å². The predicted octanol–water partition coefficient (Wildman–Crippen LogP) is 2.37. The number of piperidine rings is 1. The lowest BCUT2D eigenvalue weighted by Gasteiger charge is -2.34. The topological polar surface area (TPSA) is 97.3 Å². The summed E-state index contributed by atoms with van der Waals surface area (Å²) in [6.45, 7) is 1.34. The Bertz CT molecular complexity index is 787. The third kappa shape index (κ3) is 4.11. The number of nitrogens with zero attached hydrogens (tertiary/aromatic N) is 5. The third-order valence-electron chi connectivity index (χ3n) is 6.22. The summed E-state index contributed by atoms with van der Waals surface area (Å²) in [6, 6.07) is 0. The molecule has 1 amide bonds. The molecule has 8 heteroatoms. The lowest BCUT2D eigenvalue weighted by molar-refractivity contribution is -0.133. The van der Waals surface area contributed by atoms with Gasteiger partial charge in [-0.3, -0.25) is 4.79 Å². The maximum absolute atomic E-state index is 12.6. The number of hydrogen-bond acceptors (Lipinski definition) is 6. The zero-order valence-electron chi connectivity index (χ0n) is 16.5. The van der Waals surface area contributed by atoms with Crippen LogP contribution in [-0.4, -0.2) is 48.7 Å². The van der Waals surface area contributed by atoms with Gasteiger partial charge in [-0.1, -0.05) is 18.0 Å². The molecule has 1 atom stereocenters. The summed E-state index contributed by atoms with van der Waals surface area (Å²) >= 11 is 0. The second-order valence-corrected chi connectivity index (χ2v) is 8.09.